The van der Waals surface area contributed by atoms with E-state index in [2.05, 4.69) is 60.1 Å². The van der Waals surface area contributed by atoms with Gasteiger partial charge in [0, 0.05) is 4.47 Å². The highest BCUT2D eigenvalue weighted by molar-refractivity contribution is 9.10. The molecule has 0 spiro atoms. The Kier molecular flexibility index (Phi) is 2.60. The van der Waals surface area contributed by atoms with Gasteiger partial charge in [-0.05, 0) is 51.2 Å². The van der Waals surface area contributed by atoms with Gasteiger partial charge in [0.15, 0.2) is 0 Å². The molecule has 0 atom stereocenters. The highest BCUT2D eigenvalue weighted by atomic mass is 79.9. The molecular weight excluding hydrogens is 236 g/mol. The van der Waals surface area contributed by atoms with Gasteiger partial charge >= 0.3 is 0 Å². The van der Waals surface area contributed by atoms with Crippen molar-refractivity contribution in [1.82, 2.24) is 0 Å². The largest absolute Gasteiger partial charge is 0.0614 e. The fraction of sp³-hybridized carbons (Fsp3) is 0.231. The summed E-state index contributed by atoms with van der Waals surface area (Å²) < 4.78 is 1.24. The average Bonchev–Trinajstić information content (AvgIpc) is 2.23. The summed E-state index contributed by atoms with van der Waals surface area (Å²) in [5, 5.41) is 2.69. The Bertz CT molecular complexity index is 472. The molecule has 0 saturated heterocycles. The van der Waals surface area contributed by atoms with E-state index in [0.717, 1.165) is 6.42 Å². The molecule has 0 radical (unpaired) electrons. The van der Waals surface area contributed by atoms with Crippen molar-refractivity contribution in [2.75, 3.05) is 0 Å². The van der Waals surface area contributed by atoms with E-state index in [1.165, 1.54) is 26.4 Å². The first-order valence-electron chi connectivity index (χ1n) is 4.90. The van der Waals surface area contributed by atoms with Crippen molar-refractivity contribution < 1.29 is 0 Å². The number of aryl methyl sites for hydroxylation is 2. The van der Waals surface area contributed by atoms with E-state index in [1.54, 1.807) is 0 Å². The summed E-state index contributed by atoms with van der Waals surface area (Å²) in [7, 11) is 0. The van der Waals surface area contributed by atoms with Crippen LogP contribution in [0.1, 0.15) is 18.1 Å². The van der Waals surface area contributed by atoms with Gasteiger partial charge in [0.1, 0.15) is 0 Å². The first-order valence-corrected chi connectivity index (χ1v) is 5.70. The summed E-state index contributed by atoms with van der Waals surface area (Å²) >= 11 is 3.67. The minimum Gasteiger partial charge on any atom is -0.0614 e. The lowest BCUT2D eigenvalue weighted by Gasteiger charge is -2.08. The van der Waals surface area contributed by atoms with Crippen molar-refractivity contribution in [1.29, 1.82) is 0 Å². The molecule has 2 aromatic rings. The second-order valence-electron chi connectivity index (χ2n) is 3.57. The van der Waals surface area contributed by atoms with Gasteiger partial charge in [-0.3, -0.25) is 0 Å². The molecule has 0 aliphatic carbocycles. The summed E-state index contributed by atoms with van der Waals surface area (Å²) in [5.74, 6) is 0. The number of rotatable bonds is 1. The van der Waals surface area contributed by atoms with Crippen molar-refractivity contribution in [2.24, 2.45) is 0 Å². The molecule has 14 heavy (non-hydrogen) atoms. The molecule has 0 bridgehead atoms. The third kappa shape index (κ3) is 1.46. The van der Waals surface area contributed by atoms with Crippen LogP contribution >= 0.6 is 15.9 Å². The standard InChI is InChI=1S/C13H13Br/c1-3-10-5-4-6-11-8-7-9(2)13(14)12(10)11/h4-8H,3H2,1-2H3. The predicted octanol–water partition coefficient (Wildman–Crippen LogP) is 4.47. The molecule has 0 unspecified atom stereocenters. The van der Waals surface area contributed by atoms with Gasteiger partial charge in [-0.1, -0.05) is 37.3 Å². The normalized spacial score (nSPS) is 10.8. The molecule has 0 amide bonds. The van der Waals surface area contributed by atoms with Gasteiger partial charge < -0.3 is 0 Å². The van der Waals surface area contributed by atoms with E-state index < -0.39 is 0 Å². The van der Waals surface area contributed by atoms with Crippen LogP contribution in [0.3, 0.4) is 0 Å². The Morgan fingerprint density at radius 2 is 1.93 bits per heavy atom. The van der Waals surface area contributed by atoms with Crippen LogP contribution in [0.25, 0.3) is 10.8 Å². The van der Waals surface area contributed by atoms with Crippen LogP contribution in [0, 0.1) is 6.92 Å². The first kappa shape index (κ1) is 9.72. The monoisotopic (exact) mass is 248 g/mol. The van der Waals surface area contributed by atoms with Crippen LogP contribution < -0.4 is 0 Å². The van der Waals surface area contributed by atoms with Gasteiger partial charge in [0.2, 0.25) is 0 Å². The Hall–Kier alpha value is -0.820. The van der Waals surface area contributed by atoms with Crippen molar-refractivity contribution in [3.05, 3.63) is 45.9 Å². The molecule has 0 aromatic heterocycles. The quantitative estimate of drug-likeness (QED) is 0.699. The molecular formula is C13H13Br. The Morgan fingerprint density at radius 1 is 1.14 bits per heavy atom. The molecule has 0 heterocycles. The summed E-state index contributed by atoms with van der Waals surface area (Å²) in [6, 6.07) is 10.8. The van der Waals surface area contributed by atoms with Gasteiger partial charge in [0.05, 0.1) is 0 Å². The van der Waals surface area contributed by atoms with Crippen LogP contribution in [0.4, 0.5) is 0 Å². The number of halogens is 1. The lowest BCUT2D eigenvalue weighted by molar-refractivity contribution is 1.16. The summed E-state index contributed by atoms with van der Waals surface area (Å²) in [5.41, 5.74) is 2.72. The minimum absolute atomic E-state index is 1.08. The Labute approximate surface area is 93.1 Å². The van der Waals surface area contributed by atoms with Crippen LogP contribution in [0.2, 0.25) is 0 Å². The minimum atomic E-state index is 1.08. The third-order valence-electron chi connectivity index (χ3n) is 2.64. The summed E-state index contributed by atoms with van der Waals surface area (Å²) in [6.07, 6.45) is 1.08. The molecule has 1 heteroatoms. The predicted molar refractivity (Wildman–Crippen MR) is 65.8 cm³/mol. The highest BCUT2D eigenvalue weighted by Gasteiger charge is 2.04. The van der Waals surface area contributed by atoms with E-state index in [9.17, 15) is 0 Å². The van der Waals surface area contributed by atoms with E-state index in [0.29, 0.717) is 0 Å². The van der Waals surface area contributed by atoms with Crippen molar-refractivity contribution >= 4 is 26.7 Å². The fourth-order valence-corrected chi connectivity index (χ4v) is 2.42. The van der Waals surface area contributed by atoms with Crippen molar-refractivity contribution in [3.63, 3.8) is 0 Å². The molecule has 72 valence electrons. The summed E-state index contributed by atoms with van der Waals surface area (Å²) in [6.45, 7) is 4.33. The van der Waals surface area contributed by atoms with Gasteiger partial charge in [-0.2, -0.15) is 0 Å². The van der Waals surface area contributed by atoms with E-state index in [4.69, 9.17) is 0 Å². The van der Waals surface area contributed by atoms with Crippen LogP contribution in [-0.4, -0.2) is 0 Å². The van der Waals surface area contributed by atoms with Crippen LogP contribution in [0.5, 0.6) is 0 Å². The van der Waals surface area contributed by atoms with Crippen molar-refractivity contribution in [2.45, 2.75) is 20.3 Å². The van der Waals surface area contributed by atoms with Crippen molar-refractivity contribution in [3.8, 4) is 0 Å². The molecule has 0 aliphatic heterocycles. The first-order chi connectivity index (χ1) is 6.74. The van der Waals surface area contributed by atoms with Gasteiger partial charge in [-0.15, -0.1) is 0 Å². The second kappa shape index (κ2) is 3.74. The molecule has 0 aliphatic rings. The van der Waals surface area contributed by atoms with Gasteiger partial charge in [-0.25, -0.2) is 0 Å². The SMILES string of the molecule is CCc1cccc2ccc(C)c(Br)c12. The molecule has 0 N–H and O–H groups in total. The average molecular weight is 249 g/mol. The Balaban J connectivity index is 2.89. The number of hydrogen-bond donors (Lipinski definition) is 0. The molecule has 2 rings (SSSR count). The van der Waals surface area contributed by atoms with E-state index >= 15 is 0 Å². The van der Waals surface area contributed by atoms with Crippen LogP contribution in [-0.2, 0) is 6.42 Å². The number of hydrogen-bond acceptors (Lipinski definition) is 0. The zero-order valence-corrected chi connectivity index (χ0v) is 10.1. The topological polar surface area (TPSA) is 0 Å². The maximum atomic E-state index is 3.67. The fourth-order valence-electron chi connectivity index (χ4n) is 1.81. The number of benzene rings is 2. The molecule has 0 fully saturated rings. The molecule has 0 nitrogen and oxygen atoms in total. The zero-order chi connectivity index (χ0) is 10.1. The molecule has 2 aromatic carbocycles. The third-order valence-corrected chi connectivity index (χ3v) is 3.66. The van der Waals surface area contributed by atoms with E-state index in [-0.39, 0.29) is 0 Å². The highest BCUT2D eigenvalue weighted by Crippen LogP contribution is 2.30. The van der Waals surface area contributed by atoms with Gasteiger partial charge in [0.25, 0.3) is 0 Å². The number of fused-ring (bicyclic) bond motifs is 1. The molecule has 0 saturated carbocycles. The van der Waals surface area contributed by atoms with Crippen LogP contribution in [0.15, 0.2) is 34.8 Å². The maximum Gasteiger partial charge on any atom is 0.0285 e. The summed E-state index contributed by atoms with van der Waals surface area (Å²) in [4.78, 5) is 0. The lowest BCUT2D eigenvalue weighted by Crippen LogP contribution is -1.86. The van der Waals surface area contributed by atoms with E-state index in [1.807, 2.05) is 0 Å². The Morgan fingerprint density at radius 3 is 2.64 bits per heavy atom. The second-order valence-corrected chi connectivity index (χ2v) is 4.36. The zero-order valence-electron chi connectivity index (χ0n) is 8.47. The maximum absolute atomic E-state index is 3.67. The smallest absolute Gasteiger partial charge is 0.0285 e. The lowest BCUT2D eigenvalue weighted by atomic mass is 10.0.